The van der Waals surface area contributed by atoms with E-state index in [1.54, 1.807) is 14.2 Å². The molecule has 2 atom stereocenters. The summed E-state index contributed by atoms with van der Waals surface area (Å²) in [7, 11) is 3.27. The SMILES string of the molecule is COc1ccc(COC2CCCCC2N)cc1OC. The lowest BCUT2D eigenvalue weighted by molar-refractivity contribution is 0.00397. The van der Waals surface area contributed by atoms with Crippen LogP contribution in [0.3, 0.4) is 0 Å². The molecule has 4 nitrogen and oxygen atoms in total. The van der Waals surface area contributed by atoms with Gasteiger partial charge in [0.1, 0.15) is 0 Å². The minimum Gasteiger partial charge on any atom is -0.493 e. The molecule has 19 heavy (non-hydrogen) atoms. The molecule has 1 aromatic rings. The molecule has 0 saturated heterocycles. The van der Waals surface area contributed by atoms with Gasteiger partial charge in [-0.05, 0) is 30.5 Å². The van der Waals surface area contributed by atoms with Crippen molar-refractivity contribution in [3.05, 3.63) is 23.8 Å². The highest BCUT2D eigenvalue weighted by molar-refractivity contribution is 5.42. The Hall–Kier alpha value is -1.26. The van der Waals surface area contributed by atoms with Crippen LogP contribution < -0.4 is 15.2 Å². The fraction of sp³-hybridized carbons (Fsp3) is 0.600. The second kappa shape index (κ2) is 6.78. The van der Waals surface area contributed by atoms with Crippen molar-refractivity contribution in [3.8, 4) is 11.5 Å². The van der Waals surface area contributed by atoms with Crippen LogP contribution in [0.25, 0.3) is 0 Å². The fourth-order valence-electron chi connectivity index (χ4n) is 2.51. The smallest absolute Gasteiger partial charge is 0.161 e. The van der Waals surface area contributed by atoms with Gasteiger partial charge in [0.25, 0.3) is 0 Å². The Morgan fingerprint density at radius 1 is 1.11 bits per heavy atom. The van der Waals surface area contributed by atoms with Gasteiger partial charge < -0.3 is 19.9 Å². The van der Waals surface area contributed by atoms with E-state index in [0.717, 1.165) is 29.9 Å². The van der Waals surface area contributed by atoms with Crippen molar-refractivity contribution in [2.75, 3.05) is 14.2 Å². The van der Waals surface area contributed by atoms with Crippen LogP contribution >= 0.6 is 0 Å². The normalized spacial score (nSPS) is 23.1. The summed E-state index contributed by atoms with van der Waals surface area (Å²) in [5.74, 6) is 1.47. The number of hydrogen-bond donors (Lipinski definition) is 1. The molecule has 0 aliphatic heterocycles. The maximum atomic E-state index is 6.08. The van der Waals surface area contributed by atoms with Crippen LogP contribution in [0.5, 0.6) is 11.5 Å². The molecule has 0 bridgehead atoms. The van der Waals surface area contributed by atoms with E-state index < -0.39 is 0 Å². The van der Waals surface area contributed by atoms with E-state index in [1.807, 2.05) is 18.2 Å². The van der Waals surface area contributed by atoms with Crippen molar-refractivity contribution in [3.63, 3.8) is 0 Å². The zero-order valence-electron chi connectivity index (χ0n) is 11.7. The number of rotatable bonds is 5. The first kappa shape index (κ1) is 14.2. The second-order valence-electron chi connectivity index (χ2n) is 4.99. The van der Waals surface area contributed by atoms with Gasteiger partial charge in [0.2, 0.25) is 0 Å². The van der Waals surface area contributed by atoms with Crippen LogP contribution in [-0.4, -0.2) is 26.4 Å². The Balaban J connectivity index is 1.95. The topological polar surface area (TPSA) is 53.7 Å². The number of benzene rings is 1. The summed E-state index contributed by atoms with van der Waals surface area (Å²) in [5, 5.41) is 0. The molecule has 0 radical (unpaired) electrons. The molecule has 0 amide bonds. The average molecular weight is 265 g/mol. The largest absolute Gasteiger partial charge is 0.493 e. The molecule has 1 aromatic carbocycles. The molecule has 2 N–H and O–H groups in total. The fourth-order valence-corrected chi connectivity index (χ4v) is 2.51. The number of ether oxygens (including phenoxy) is 3. The summed E-state index contributed by atoms with van der Waals surface area (Å²) >= 11 is 0. The van der Waals surface area contributed by atoms with Gasteiger partial charge in [-0.2, -0.15) is 0 Å². The van der Waals surface area contributed by atoms with Gasteiger partial charge in [0.15, 0.2) is 11.5 Å². The third-order valence-corrected chi connectivity index (χ3v) is 3.67. The molecule has 1 aliphatic rings. The quantitative estimate of drug-likeness (QED) is 0.888. The van der Waals surface area contributed by atoms with Crippen LogP contribution in [0.2, 0.25) is 0 Å². The highest BCUT2D eigenvalue weighted by Gasteiger charge is 2.22. The zero-order valence-corrected chi connectivity index (χ0v) is 11.7. The first-order chi connectivity index (χ1) is 9.24. The Labute approximate surface area is 114 Å². The highest BCUT2D eigenvalue weighted by Crippen LogP contribution is 2.28. The molecule has 0 spiro atoms. The standard InChI is InChI=1S/C15H23NO3/c1-17-14-8-7-11(9-15(14)18-2)10-19-13-6-4-3-5-12(13)16/h7-9,12-13H,3-6,10,16H2,1-2H3. The number of hydrogen-bond acceptors (Lipinski definition) is 4. The van der Waals surface area contributed by atoms with Crippen LogP contribution in [0.4, 0.5) is 0 Å². The van der Waals surface area contributed by atoms with E-state index in [1.165, 1.54) is 12.8 Å². The summed E-state index contributed by atoms with van der Waals surface area (Å²) in [4.78, 5) is 0. The summed E-state index contributed by atoms with van der Waals surface area (Å²) in [6, 6.07) is 6.02. The molecule has 1 saturated carbocycles. The van der Waals surface area contributed by atoms with Crippen molar-refractivity contribution in [2.45, 2.75) is 44.4 Å². The van der Waals surface area contributed by atoms with Gasteiger partial charge >= 0.3 is 0 Å². The van der Waals surface area contributed by atoms with E-state index in [9.17, 15) is 0 Å². The highest BCUT2D eigenvalue weighted by atomic mass is 16.5. The monoisotopic (exact) mass is 265 g/mol. The minimum atomic E-state index is 0.175. The van der Waals surface area contributed by atoms with Gasteiger partial charge in [0, 0.05) is 6.04 Å². The maximum absolute atomic E-state index is 6.08. The summed E-state index contributed by atoms with van der Waals surface area (Å²) in [5.41, 5.74) is 7.15. The summed E-state index contributed by atoms with van der Waals surface area (Å²) < 4.78 is 16.4. The van der Waals surface area contributed by atoms with Crippen molar-refractivity contribution in [1.29, 1.82) is 0 Å². The molecule has 1 aliphatic carbocycles. The molecule has 2 unspecified atom stereocenters. The Morgan fingerprint density at radius 2 is 1.84 bits per heavy atom. The van der Waals surface area contributed by atoms with Crippen molar-refractivity contribution in [2.24, 2.45) is 5.73 Å². The average Bonchev–Trinajstić information content (AvgIpc) is 2.46. The van der Waals surface area contributed by atoms with Crippen molar-refractivity contribution < 1.29 is 14.2 Å². The number of nitrogens with two attached hydrogens (primary N) is 1. The third-order valence-electron chi connectivity index (χ3n) is 3.67. The molecule has 106 valence electrons. The van der Waals surface area contributed by atoms with E-state index in [2.05, 4.69) is 0 Å². The van der Waals surface area contributed by atoms with Crippen LogP contribution in [0.15, 0.2) is 18.2 Å². The van der Waals surface area contributed by atoms with Gasteiger partial charge in [0.05, 0.1) is 26.9 Å². The molecular weight excluding hydrogens is 242 g/mol. The first-order valence-electron chi connectivity index (χ1n) is 6.82. The lowest BCUT2D eigenvalue weighted by Gasteiger charge is -2.28. The number of methoxy groups -OCH3 is 2. The maximum Gasteiger partial charge on any atom is 0.161 e. The Kier molecular flexibility index (Phi) is 5.05. The third kappa shape index (κ3) is 3.61. The predicted molar refractivity (Wildman–Crippen MR) is 74.6 cm³/mol. The van der Waals surface area contributed by atoms with Gasteiger partial charge in [-0.15, -0.1) is 0 Å². The molecule has 2 rings (SSSR count). The van der Waals surface area contributed by atoms with Gasteiger partial charge in [-0.25, -0.2) is 0 Å². The van der Waals surface area contributed by atoms with Gasteiger partial charge in [-0.3, -0.25) is 0 Å². The molecule has 1 fully saturated rings. The second-order valence-corrected chi connectivity index (χ2v) is 4.99. The summed E-state index contributed by atoms with van der Waals surface area (Å²) in [6.45, 7) is 0.568. The lowest BCUT2D eigenvalue weighted by Crippen LogP contribution is -2.39. The molecular formula is C15H23NO3. The Morgan fingerprint density at radius 3 is 2.53 bits per heavy atom. The summed E-state index contributed by atoms with van der Waals surface area (Å²) in [6.07, 6.45) is 4.74. The first-order valence-corrected chi connectivity index (χ1v) is 6.82. The van der Waals surface area contributed by atoms with E-state index >= 15 is 0 Å². The minimum absolute atomic E-state index is 0.175. The Bertz CT molecular complexity index is 408. The van der Waals surface area contributed by atoms with Crippen LogP contribution in [0, 0.1) is 0 Å². The van der Waals surface area contributed by atoms with Crippen LogP contribution in [0.1, 0.15) is 31.2 Å². The molecule has 4 heteroatoms. The van der Waals surface area contributed by atoms with Crippen molar-refractivity contribution >= 4 is 0 Å². The zero-order chi connectivity index (χ0) is 13.7. The van der Waals surface area contributed by atoms with Crippen molar-refractivity contribution in [1.82, 2.24) is 0 Å². The van der Waals surface area contributed by atoms with E-state index in [0.29, 0.717) is 6.61 Å². The van der Waals surface area contributed by atoms with E-state index in [-0.39, 0.29) is 12.1 Å². The molecule has 0 heterocycles. The van der Waals surface area contributed by atoms with E-state index in [4.69, 9.17) is 19.9 Å². The predicted octanol–water partition coefficient (Wildman–Crippen LogP) is 2.49. The lowest BCUT2D eigenvalue weighted by atomic mass is 9.93. The van der Waals surface area contributed by atoms with Crippen LogP contribution in [-0.2, 0) is 11.3 Å². The molecule has 0 aromatic heterocycles. The van der Waals surface area contributed by atoms with Gasteiger partial charge in [-0.1, -0.05) is 18.9 Å².